The van der Waals surface area contributed by atoms with E-state index in [-0.39, 0.29) is 16.3 Å². The van der Waals surface area contributed by atoms with Gasteiger partial charge in [-0.2, -0.15) is 0 Å². The van der Waals surface area contributed by atoms with Crippen LogP contribution in [-0.2, 0) is 4.79 Å². The summed E-state index contributed by atoms with van der Waals surface area (Å²) < 4.78 is 13.6. The van der Waals surface area contributed by atoms with E-state index in [0.29, 0.717) is 12.1 Å². The molecule has 2 aromatic rings. The van der Waals surface area contributed by atoms with E-state index in [9.17, 15) is 14.0 Å². The average Bonchev–Trinajstić information content (AvgIpc) is 3.20. The Kier molecular flexibility index (Phi) is 4.91. The average molecular weight is 402 g/mol. The molecule has 8 heteroatoms. The minimum Gasteiger partial charge on any atom is -0.323 e. The molecule has 1 saturated carbocycles. The van der Waals surface area contributed by atoms with Crippen LogP contribution in [0.1, 0.15) is 16.8 Å². The van der Waals surface area contributed by atoms with Crippen LogP contribution in [0.2, 0.25) is 5.02 Å². The maximum absolute atomic E-state index is 14.7. The molecule has 1 fully saturated rings. The van der Waals surface area contributed by atoms with Crippen LogP contribution in [-0.4, -0.2) is 16.1 Å². The maximum Gasteiger partial charge on any atom is 0.260 e. The van der Waals surface area contributed by atoms with Crippen molar-refractivity contribution in [3.63, 3.8) is 0 Å². The van der Waals surface area contributed by atoms with Gasteiger partial charge in [-0.3, -0.25) is 9.59 Å². The van der Waals surface area contributed by atoms with Crippen LogP contribution >= 0.6 is 34.8 Å². The quantitative estimate of drug-likeness (QED) is 0.719. The molecule has 1 aliphatic rings. The number of hydrogen-bond acceptors (Lipinski definition) is 2. The number of amides is 2. The fraction of sp³-hybridized carbons (Fsp3) is 0.176. The zero-order valence-electron chi connectivity index (χ0n) is 12.7. The molecule has 130 valence electrons. The third-order valence-electron chi connectivity index (χ3n) is 3.75. The van der Waals surface area contributed by atoms with E-state index in [0.717, 1.165) is 0 Å². The van der Waals surface area contributed by atoms with Crippen LogP contribution in [0.15, 0.2) is 42.5 Å². The van der Waals surface area contributed by atoms with Crippen molar-refractivity contribution in [3.05, 3.63) is 58.9 Å². The number of nitrogens with one attached hydrogen (secondary N) is 2. The zero-order chi connectivity index (χ0) is 18.2. The fourth-order valence-electron chi connectivity index (χ4n) is 2.29. The molecule has 0 spiro atoms. The van der Waals surface area contributed by atoms with Crippen LogP contribution in [0.3, 0.4) is 0 Å². The normalized spacial score (nSPS) is 17.7. The summed E-state index contributed by atoms with van der Waals surface area (Å²) in [4.78, 5) is 24.4. The molecule has 4 nitrogen and oxygen atoms in total. The Morgan fingerprint density at radius 2 is 1.72 bits per heavy atom. The molecule has 0 aromatic heterocycles. The first-order chi connectivity index (χ1) is 11.8. The number of hydrogen-bond donors (Lipinski definition) is 2. The lowest BCUT2D eigenvalue weighted by Crippen LogP contribution is -2.20. The highest BCUT2D eigenvalue weighted by Crippen LogP contribution is 2.53. The van der Waals surface area contributed by atoms with Crippen molar-refractivity contribution in [1.29, 1.82) is 0 Å². The lowest BCUT2D eigenvalue weighted by molar-refractivity contribution is -0.117. The van der Waals surface area contributed by atoms with Gasteiger partial charge in [0.05, 0.1) is 22.2 Å². The lowest BCUT2D eigenvalue weighted by Gasteiger charge is -2.12. The van der Waals surface area contributed by atoms with Gasteiger partial charge in [0.25, 0.3) is 5.91 Å². The molecule has 1 unspecified atom stereocenters. The summed E-state index contributed by atoms with van der Waals surface area (Å²) in [6.45, 7) is 0. The first kappa shape index (κ1) is 18.0. The van der Waals surface area contributed by atoms with Crippen LogP contribution in [0.25, 0.3) is 0 Å². The number of para-hydroxylation sites is 1. The Balaban J connectivity index is 1.82. The van der Waals surface area contributed by atoms with Crippen molar-refractivity contribution in [3.8, 4) is 0 Å². The third-order valence-corrected chi connectivity index (χ3v) is 4.90. The van der Waals surface area contributed by atoms with E-state index in [1.807, 2.05) is 0 Å². The van der Waals surface area contributed by atoms with E-state index in [1.54, 1.807) is 30.3 Å². The summed E-state index contributed by atoms with van der Waals surface area (Å²) in [5.41, 5.74) is -0.0322. The number of carbonyl (C=O) groups is 2. The van der Waals surface area contributed by atoms with Gasteiger partial charge in [-0.05, 0) is 30.7 Å². The Labute approximate surface area is 158 Å². The largest absolute Gasteiger partial charge is 0.323 e. The van der Waals surface area contributed by atoms with E-state index < -0.39 is 27.9 Å². The standard InChI is InChI=1S/C17H12Cl3FN2O2/c18-11-6-7-12(23-15(24)10-8-17(10,19)20)14(21)13(11)16(25)22-9-4-2-1-3-5-9/h1-7,10H,8H2,(H,22,25)(H,23,24). The predicted octanol–water partition coefficient (Wildman–Crippen LogP) is 4.86. The number of rotatable bonds is 4. The molecule has 2 amide bonds. The molecule has 1 atom stereocenters. The van der Waals surface area contributed by atoms with Gasteiger partial charge in [-0.15, -0.1) is 23.2 Å². The molecule has 1 aliphatic carbocycles. The maximum atomic E-state index is 14.7. The summed E-state index contributed by atoms with van der Waals surface area (Å²) in [6.07, 6.45) is 0.290. The number of carbonyl (C=O) groups excluding carboxylic acids is 2. The molecular formula is C17H12Cl3FN2O2. The van der Waals surface area contributed by atoms with Crippen molar-refractivity contribution in [2.24, 2.45) is 5.92 Å². The van der Waals surface area contributed by atoms with Crippen molar-refractivity contribution >= 4 is 58.0 Å². The summed E-state index contributed by atoms with van der Waals surface area (Å²) in [6, 6.07) is 11.2. The van der Waals surface area contributed by atoms with E-state index in [4.69, 9.17) is 34.8 Å². The van der Waals surface area contributed by atoms with Crippen molar-refractivity contribution in [2.45, 2.75) is 10.8 Å². The van der Waals surface area contributed by atoms with E-state index >= 15 is 0 Å². The number of halogens is 4. The van der Waals surface area contributed by atoms with Gasteiger partial charge in [-0.1, -0.05) is 29.8 Å². The number of anilines is 2. The molecule has 2 N–H and O–H groups in total. The van der Waals surface area contributed by atoms with Crippen LogP contribution in [0, 0.1) is 11.7 Å². The van der Waals surface area contributed by atoms with Gasteiger partial charge in [0.1, 0.15) is 4.33 Å². The monoisotopic (exact) mass is 400 g/mol. The Hall–Kier alpha value is -1.82. The summed E-state index contributed by atoms with van der Waals surface area (Å²) in [7, 11) is 0. The van der Waals surface area contributed by atoms with Gasteiger partial charge in [0.15, 0.2) is 5.82 Å². The zero-order valence-corrected chi connectivity index (χ0v) is 14.9. The molecule has 25 heavy (non-hydrogen) atoms. The molecule has 0 saturated heterocycles. The highest BCUT2D eigenvalue weighted by molar-refractivity contribution is 6.52. The minimum absolute atomic E-state index is 0.0700. The number of benzene rings is 2. The highest BCUT2D eigenvalue weighted by Gasteiger charge is 2.56. The van der Waals surface area contributed by atoms with Crippen molar-refractivity contribution in [1.82, 2.24) is 0 Å². The lowest BCUT2D eigenvalue weighted by atomic mass is 10.1. The topological polar surface area (TPSA) is 58.2 Å². The van der Waals surface area contributed by atoms with Crippen LogP contribution < -0.4 is 10.6 Å². The molecule has 0 aliphatic heterocycles. The molecule has 0 radical (unpaired) electrons. The van der Waals surface area contributed by atoms with Crippen molar-refractivity contribution < 1.29 is 14.0 Å². The van der Waals surface area contributed by atoms with Crippen molar-refractivity contribution in [2.75, 3.05) is 10.6 Å². The van der Waals surface area contributed by atoms with Crippen LogP contribution in [0.4, 0.5) is 15.8 Å². The van der Waals surface area contributed by atoms with Gasteiger partial charge in [0, 0.05) is 5.69 Å². The SMILES string of the molecule is O=C(Nc1ccccc1)c1c(Cl)ccc(NC(=O)C2CC2(Cl)Cl)c1F. The first-order valence-corrected chi connectivity index (χ1v) is 8.46. The van der Waals surface area contributed by atoms with Gasteiger partial charge in [0.2, 0.25) is 5.91 Å². The second-order valence-corrected chi connectivity index (χ2v) is 7.56. The first-order valence-electron chi connectivity index (χ1n) is 7.32. The van der Waals surface area contributed by atoms with Gasteiger partial charge in [-0.25, -0.2) is 4.39 Å². The molecule has 0 heterocycles. The third kappa shape index (κ3) is 3.89. The second kappa shape index (κ2) is 6.83. The van der Waals surface area contributed by atoms with E-state index in [1.165, 1.54) is 12.1 Å². The Morgan fingerprint density at radius 3 is 2.32 bits per heavy atom. The predicted molar refractivity (Wildman–Crippen MR) is 97.0 cm³/mol. The molecule has 3 rings (SSSR count). The fourth-order valence-corrected chi connectivity index (χ4v) is 3.03. The highest BCUT2D eigenvalue weighted by atomic mass is 35.5. The Bertz CT molecular complexity index is 843. The van der Waals surface area contributed by atoms with Gasteiger partial charge < -0.3 is 10.6 Å². The van der Waals surface area contributed by atoms with Crippen LogP contribution in [0.5, 0.6) is 0 Å². The molecule has 2 aromatic carbocycles. The summed E-state index contributed by atoms with van der Waals surface area (Å²) >= 11 is 17.6. The minimum atomic E-state index is -1.12. The molecule has 0 bridgehead atoms. The van der Waals surface area contributed by atoms with E-state index in [2.05, 4.69) is 10.6 Å². The summed E-state index contributed by atoms with van der Waals surface area (Å²) in [5.74, 6) is -2.78. The van der Waals surface area contributed by atoms with Gasteiger partial charge >= 0.3 is 0 Å². The number of alkyl halides is 2. The summed E-state index contributed by atoms with van der Waals surface area (Å²) in [5, 5.41) is 4.87. The smallest absolute Gasteiger partial charge is 0.260 e. The molecular weight excluding hydrogens is 390 g/mol. The Morgan fingerprint density at radius 1 is 1.08 bits per heavy atom. The second-order valence-electron chi connectivity index (χ2n) is 5.61.